The van der Waals surface area contributed by atoms with Crippen molar-refractivity contribution in [3.8, 4) is 23.3 Å². The van der Waals surface area contributed by atoms with E-state index >= 15 is 0 Å². The summed E-state index contributed by atoms with van der Waals surface area (Å²) in [5.41, 5.74) is 3.66. The van der Waals surface area contributed by atoms with Gasteiger partial charge >= 0.3 is 5.97 Å². The number of hydrogen-bond donors (Lipinski definition) is 2. The Labute approximate surface area is 203 Å². The first-order valence-corrected chi connectivity index (χ1v) is 11.5. The molecule has 188 valence electrons. The van der Waals surface area contributed by atoms with Crippen LogP contribution in [-0.4, -0.2) is 59.3 Å². The molecule has 0 fully saturated rings. The van der Waals surface area contributed by atoms with Gasteiger partial charge in [0, 0.05) is 32.5 Å². The molecule has 0 spiro atoms. The van der Waals surface area contributed by atoms with Crippen LogP contribution in [0.25, 0.3) is 0 Å². The van der Waals surface area contributed by atoms with E-state index in [0.29, 0.717) is 62.5 Å². The smallest absolute Gasteiger partial charge is 0.306 e. The number of carbonyl (C=O) groups is 2. The fraction of sp³-hybridized carbons (Fsp3) is 0.500. The minimum absolute atomic E-state index is 0.0514. The highest BCUT2D eigenvalue weighted by Crippen LogP contribution is 2.33. The number of aromatic nitrogens is 2. The molecule has 2 N–H and O–H groups in total. The van der Waals surface area contributed by atoms with Crippen LogP contribution in [0.3, 0.4) is 0 Å². The molecule has 0 saturated carbocycles. The van der Waals surface area contributed by atoms with Gasteiger partial charge in [-0.05, 0) is 23.3 Å². The number of carboxylic acid groups (broad SMARTS) is 1. The molecule has 0 radical (unpaired) electrons. The van der Waals surface area contributed by atoms with Crippen molar-refractivity contribution in [3.63, 3.8) is 0 Å². The van der Waals surface area contributed by atoms with Crippen LogP contribution in [0.5, 0.6) is 23.3 Å². The summed E-state index contributed by atoms with van der Waals surface area (Å²) in [6.07, 6.45) is 0.544. The highest BCUT2D eigenvalue weighted by atomic mass is 16.5. The Morgan fingerprint density at radius 2 is 1.74 bits per heavy atom. The molecule has 0 unspecified atom stereocenters. The minimum Gasteiger partial charge on any atom is -0.491 e. The maximum Gasteiger partial charge on any atom is 0.306 e. The van der Waals surface area contributed by atoms with Gasteiger partial charge in [0.25, 0.3) is 11.8 Å². The topological polar surface area (TPSA) is 132 Å². The van der Waals surface area contributed by atoms with Gasteiger partial charge in [-0.3, -0.25) is 9.59 Å². The molecule has 35 heavy (non-hydrogen) atoms. The number of hydrogen-bond acceptors (Lipinski definition) is 9. The van der Waals surface area contributed by atoms with Crippen molar-refractivity contribution < 1.29 is 33.6 Å². The Bertz CT molecular complexity index is 1110. The molecule has 2 aliphatic heterocycles. The predicted octanol–water partition coefficient (Wildman–Crippen LogP) is 1.90. The summed E-state index contributed by atoms with van der Waals surface area (Å²) in [4.78, 5) is 34.2. The number of fused-ring (bicyclic) bond motifs is 2. The van der Waals surface area contributed by atoms with E-state index in [9.17, 15) is 9.59 Å². The Kier molecular flexibility index (Phi) is 7.54. The highest BCUT2D eigenvalue weighted by molar-refractivity contribution is 5.82. The van der Waals surface area contributed by atoms with E-state index in [1.807, 2.05) is 12.1 Å². The van der Waals surface area contributed by atoms with Crippen LogP contribution in [-0.2, 0) is 35.8 Å². The lowest BCUT2D eigenvalue weighted by Gasteiger charge is -2.16. The molecule has 0 aromatic carbocycles. The van der Waals surface area contributed by atoms with Gasteiger partial charge in [0.2, 0.25) is 5.91 Å². The third-order valence-electron chi connectivity index (χ3n) is 6.01. The molecule has 4 rings (SSSR count). The Balaban J connectivity index is 1.31. The lowest BCUT2D eigenvalue weighted by molar-refractivity contribution is -0.145. The predicted molar refractivity (Wildman–Crippen MR) is 123 cm³/mol. The van der Waals surface area contributed by atoms with E-state index in [2.05, 4.69) is 15.3 Å². The second kappa shape index (κ2) is 10.8. The number of ether oxygens (including phenoxy) is 4. The molecule has 1 atom stereocenters. The second-order valence-corrected chi connectivity index (χ2v) is 8.55. The van der Waals surface area contributed by atoms with Gasteiger partial charge in [0.05, 0.1) is 51.3 Å². The molecule has 0 saturated heterocycles. The monoisotopic (exact) mass is 486 g/mol. The first kappa shape index (κ1) is 24.5. The van der Waals surface area contributed by atoms with Gasteiger partial charge in [-0.2, -0.15) is 0 Å². The van der Waals surface area contributed by atoms with Crippen LogP contribution in [0.1, 0.15) is 42.3 Å². The van der Waals surface area contributed by atoms with Crippen LogP contribution in [0.4, 0.5) is 0 Å². The number of amides is 1. The zero-order valence-corrected chi connectivity index (χ0v) is 20.1. The number of aliphatic carboxylic acids is 1. The number of methoxy groups -OCH3 is 2. The molecule has 0 bridgehead atoms. The maximum absolute atomic E-state index is 12.5. The van der Waals surface area contributed by atoms with Crippen LogP contribution in [0.15, 0.2) is 12.1 Å². The van der Waals surface area contributed by atoms with Crippen molar-refractivity contribution in [1.29, 1.82) is 0 Å². The minimum atomic E-state index is -0.989. The van der Waals surface area contributed by atoms with E-state index in [0.717, 1.165) is 29.1 Å². The lowest BCUT2D eigenvalue weighted by Crippen LogP contribution is -2.28. The second-order valence-electron chi connectivity index (χ2n) is 8.55. The van der Waals surface area contributed by atoms with E-state index in [-0.39, 0.29) is 12.3 Å². The number of rotatable bonds is 11. The van der Waals surface area contributed by atoms with Crippen molar-refractivity contribution >= 4 is 11.9 Å². The van der Waals surface area contributed by atoms with Crippen LogP contribution in [0, 0.1) is 5.92 Å². The average Bonchev–Trinajstić information content (AvgIpc) is 3.48. The normalized spacial score (nSPS) is 14.8. The summed E-state index contributed by atoms with van der Waals surface area (Å²) in [6.45, 7) is 4.44. The fourth-order valence-corrected chi connectivity index (χ4v) is 4.01. The highest BCUT2D eigenvalue weighted by Gasteiger charge is 2.29. The number of carboxylic acids is 1. The third-order valence-corrected chi connectivity index (χ3v) is 6.01. The summed E-state index contributed by atoms with van der Waals surface area (Å²) in [7, 11) is 3.11. The summed E-state index contributed by atoms with van der Waals surface area (Å²) >= 11 is 0. The van der Waals surface area contributed by atoms with E-state index in [4.69, 9.17) is 24.1 Å². The van der Waals surface area contributed by atoms with Crippen molar-refractivity contribution in [2.75, 3.05) is 27.4 Å². The summed E-state index contributed by atoms with van der Waals surface area (Å²) < 4.78 is 22.5. The molecule has 11 heteroatoms. The lowest BCUT2D eigenvalue weighted by atomic mass is 10.1. The first-order valence-electron chi connectivity index (χ1n) is 11.5. The van der Waals surface area contributed by atoms with Gasteiger partial charge in [-0.25, -0.2) is 9.97 Å². The van der Waals surface area contributed by atoms with E-state index in [1.54, 1.807) is 12.0 Å². The Morgan fingerprint density at radius 3 is 2.49 bits per heavy atom. The molecule has 0 aliphatic carbocycles. The SMILES string of the molecule is COc1cc2c(nc1OCCCOc1cc3c(nc1OC)CN(C(=O)C[C@H](C)C(=O)O)C3)CNC2. The third kappa shape index (κ3) is 5.56. The maximum atomic E-state index is 12.5. The van der Waals surface area contributed by atoms with Crippen LogP contribution >= 0.6 is 0 Å². The van der Waals surface area contributed by atoms with Gasteiger partial charge in [0.15, 0.2) is 11.5 Å². The van der Waals surface area contributed by atoms with E-state index in [1.165, 1.54) is 14.0 Å². The molecule has 4 heterocycles. The Morgan fingerprint density at radius 1 is 1.00 bits per heavy atom. The van der Waals surface area contributed by atoms with Crippen LogP contribution < -0.4 is 24.3 Å². The molecule has 2 aromatic heterocycles. The van der Waals surface area contributed by atoms with Crippen molar-refractivity contribution in [2.45, 2.75) is 45.9 Å². The molecule has 2 aliphatic rings. The van der Waals surface area contributed by atoms with Crippen molar-refractivity contribution in [1.82, 2.24) is 20.2 Å². The van der Waals surface area contributed by atoms with Crippen molar-refractivity contribution in [2.24, 2.45) is 5.92 Å². The van der Waals surface area contributed by atoms with Crippen molar-refractivity contribution in [3.05, 3.63) is 34.6 Å². The summed E-state index contributed by atoms with van der Waals surface area (Å²) in [5.74, 6) is -0.0484. The molecule has 1 amide bonds. The zero-order valence-electron chi connectivity index (χ0n) is 20.1. The average molecular weight is 487 g/mol. The van der Waals surface area contributed by atoms with E-state index < -0.39 is 11.9 Å². The molecule has 2 aromatic rings. The first-order chi connectivity index (χ1) is 16.9. The van der Waals surface area contributed by atoms with Gasteiger partial charge in [-0.1, -0.05) is 6.92 Å². The number of nitrogens with zero attached hydrogens (tertiary/aromatic N) is 3. The molecular weight excluding hydrogens is 456 g/mol. The van der Waals surface area contributed by atoms with Gasteiger partial charge in [0.1, 0.15) is 0 Å². The van der Waals surface area contributed by atoms with Crippen LogP contribution in [0.2, 0.25) is 0 Å². The number of pyridine rings is 2. The standard InChI is InChI=1S/C24H30N4O7/c1-14(24(30)31)7-21(29)28-12-16-9-20(22(33-3)27-18(16)13-28)34-5-4-6-35-23-19(32-2)8-15-10-25-11-17(15)26-23/h8-9,14,25H,4-7,10-13H2,1-3H3,(H,30,31)/t14-/m0/s1. The molecule has 11 nitrogen and oxygen atoms in total. The summed E-state index contributed by atoms with van der Waals surface area (Å²) in [5, 5.41) is 12.3. The zero-order chi connectivity index (χ0) is 24.9. The summed E-state index contributed by atoms with van der Waals surface area (Å²) in [6, 6.07) is 3.78. The Hall–Kier alpha value is -3.60. The van der Waals surface area contributed by atoms with Gasteiger partial charge < -0.3 is 34.3 Å². The quantitative estimate of drug-likeness (QED) is 0.454. The number of nitrogens with one attached hydrogen (secondary N) is 1. The largest absolute Gasteiger partial charge is 0.491 e. The fourth-order valence-electron chi connectivity index (χ4n) is 4.01. The van der Waals surface area contributed by atoms with Gasteiger partial charge in [-0.15, -0.1) is 0 Å². The molecular formula is C24H30N4O7. The number of carbonyl (C=O) groups excluding carboxylic acids is 1.